The van der Waals surface area contributed by atoms with E-state index in [9.17, 15) is 0 Å². The second-order valence-electron chi connectivity index (χ2n) is 6.29. The lowest BCUT2D eigenvalue weighted by atomic mass is 9.80. The van der Waals surface area contributed by atoms with Gasteiger partial charge >= 0.3 is 0 Å². The molecule has 2 heteroatoms. The van der Waals surface area contributed by atoms with Crippen LogP contribution in [0, 0.1) is 5.92 Å². The molecule has 1 rings (SSSR count). The number of thiocarbonyl (C=S) groups is 1. The van der Waals surface area contributed by atoms with Crippen LogP contribution >= 0.6 is 12.2 Å². The van der Waals surface area contributed by atoms with Gasteiger partial charge < -0.3 is 5.73 Å². The van der Waals surface area contributed by atoms with Gasteiger partial charge in [-0.3, -0.25) is 0 Å². The van der Waals surface area contributed by atoms with Crippen LogP contribution in [-0.4, -0.2) is 5.37 Å². The smallest absolute Gasteiger partial charge is 0.0373 e. The summed E-state index contributed by atoms with van der Waals surface area (Å²) in [6, 6.07) is 0. The number of hydrogen-bond donors (Lipinski definition) is 1. The molecule has 0 aromatic carbocycles. The predicted octanol–water partition coefficient (Wildman–Crippen LogP) is 5.80. The molecular weight excluding hydrogens is 286 g/mol. The van der Waals surface area contributed by atoms with Crippen LogP contribution in [0.3, 0.4) is 0 Å². The van der Waals surface area contributed by atoms with E-state index in [4.69, 9.17) is 18.0 Å². The maximum atomic E-state index is 6.25. The Morgan fingerprint density at radius 2 is 1.82 bits per heavy atom. The van der Waals surface area contributed by atoms with E-state index in [1.807, 2.05) is 13.0 Å². The second-order valence-corrected chi connectivity index (χ2v) is 6.57. The van der Waals surface area contributed by atoms with E-state index in [1.54, 1.807) is 5.37 Å². The van der Waals surface area contributed by atoms with Gasteiger partial charge in [0.25, 0.3) is 0 Å². The van der Waals surface area contributed by atoms with Gasteiger partial charge in [0.15, 0.2) is 0 Å². The third-order valence-electron chi connectivity index (χ3n) is 4.60. The molecule has 2 N–H and O–H groups in total. The van der Waals surface area contributed by atoms with Gasteiger partial charge in [0.05, 0.1) is 0 Å². The monoisotopic (exact) mass is 315 g/mol. The predicted molar refractivity (Wildman–Crippen MR) is 103 cm³/mol. The van der Waals surface area contributed by atoms with Gasteiger partial charge in [-0.2, -0.15) is 0 Å². The molecule has 1 fully saturated rings. The van der Waals surface area contributed by atoms with Crippen LogP contribution in [0.1, 0.15) is 53.4 Å². The minimum Gasteiger partial charge on any atom is -0.398 e. The van der Waals surface area contributed by atoms with Gasteiger partial charge in [0, 0.05) is 11.1 Å². The Kier molecular flexibility index (Phi) is 7.53. The molecule has 0 heterocycles. The van der Waals surface area contributed by atoms with Crippen LogP contribution in [0.4, 0.5) is 0 Å². The summed E-state index contributed by atoms with van der Waals surface area (Å²) < 4.78 is 0. The average molecular weight is 316 g/mol. The molecule has 120 valence electrons. The van der Waals surface area contributed by atoms with E-state index in [2.05, 4.69) is 39.5 Å². The number of hydrogen-bond acceptors (Lipinski definition) is 2. The van der Waals surface area contributed by atoms with Gasteiger partial charge in [-0.25, -0.2) is 0 Å². The highest BCUT2D eigenvalue weighted by Gasteiger charge is 2.18. The van der Waals surface area contributed by atoms with Crippen LogP contribution in [-0.2, 0) is 0 Å². The Hall–Kier alpha value is -1.41. The Morgan fingerprint density at radius 3 is 2.32 bits per heavy atom. The quantitative estimate of drug-likeness (QED) is 0.278. The first kappa shape index (κ1) is 18.6. The summed E-state index contributed by atoms with van der Waals surface area (Å²) in [5.41, 5.74) is 12.9. The molecule has 0 bridgehead atoms. The zero-order valence-corrected chi connectivity index (χ0v) is 15.2. The molecule has 0 radical (unpaired) electrons. The Labute approximate surface area is 141 Å². The normalized spacial score (nSPS) is 18.6. The standard InChI is InChI=1S/C20H29NS/c1-14(11-12-22)17(4)13-18(5)20(21)16(3)10-9-15(2)19-7-6-8-19/h9,11-13,19H,3,6-8,10,21H2,1-2,4-5H3/b14-11?,15-9+,17-13?,20-18?. The van der Waals surface area contributed by atoms with Crippen molar-refractivity contribution in [2.45, 2.75) is 53.4 Å². The molecule has 1 aliphatic carbocycles. The Balaban J connectivity index is 2.76. The van der Waals surface area contributed by atoms with Crippen molar-refractivity contribution in [1.82, 2.24) is 0 Å². The average Bonchev–Trinajstić information content (AvgIpc) is 2.42. The minimum absolute atomic E-state index is 0.795. The molecule has 0 aromatic heterocycles. The molecule has 1 nitrogen and oxygen atoms in total. The third kappa shape index (κ3) is 5.42. The van der Waals surface area contributed by atoms with Crippen molar-refractivity contribution < 1.29 is 0 Å². The minimum atomic E-state index is 0.795. The highest BCUT2D eigenvalue weighted by atomic mass is 32.1. The number of nitrogens with two attached hydrogens (primary N) is 1. The first-order valence-corrected chi connectivity index (χ1v) is 8.45. The zero-order valence-electron chi connectivity index (χ0n) is 14.4. The zero-order chi connectivity index (χ0) is 16.7. The van der Waals surface area contributed by atoms with E-state index >= 15 is 0 Å². The topological polar surface area (TPSA) is 26.0 Å². The van der Waals surface area contributed by atoms with Gasteiger partial charge in [0.1, 0.15) is 0 Å². The fourth-order valence-corrected chi connectivity index (χ4v) is 2.66. The first-order chi connectivity index (χ1) is 10.4. The summed E-state index contributed by atoms with van der Waals surface area (Å²) in [5, 5.41) is 1.64. The summed E-state index contributed by atoms with van der Waals surface area (Å²) in [4.78, 5) is 0. The molecule has 22 heavy (non-hydrogen) atoms. The summed E-state index contributed by atoms with van der Waals surface area (Å²) >= 11 is 4.86. The summed E-state index contributed by atoms with van der Waals surface area (Å²) in [6.07, 6.45) is 11.2. The van der Waals surface area contributed by atoms with Gasteiger partial charge in [-0.15, -0.1) is 0 Å². The lowest BCUT2D eigenvalue weighted by Gasteiger charge is -2.26. The highest BCUT2D eigenvalue weighted by molar-refractivity contribution is 7.79. The van der Waals surface area contributed by atoms with Gasteiger partial charge in [-0.1, -0.05) is 42.9 Å². The van der Waals surface area contributed by atoms with Crippen molar-refractivity contribution in [3.05, 3.63) is 58.4 Å². The molecule has 0 saturated heterocycles. The van der Waals surface area contributed by atoms with Crippen LogP contribution in [0.25, 0.3) is 0 Å². The molecule has 0 unspecified atom stereocenters. The molecule has 1 aliphatic rings. The Bertz CT molecular complexity index is 554. The van der Waals surface area contributed by atoms with Crippen molar-refractivity contribution >= 4 is 17.6 Å². The van der Waals surface area contributed by atoms with Crippen LogP contribution in [0.5, 0.6) is 0 Å². The fourth-order valence-electron chi connectivity index (χ4n) is 2.45. The maximum Gasteiger partial charge on any atom is 0.0373 e. The summed E-state index contributed by atoms with van der Waals surface area (Å²) in [7, 11) is 0. The van der Waals surface area contributed by atoms with Crippen molar-refractivity contribution in [2.24, 2.45) is 11.7 Å². The summed E-state index contributed by atoms with van der Waals surface area (Å²) in [5.74, 6) is 0.795. The number of allylic oxidation sites excluding steroid dienone is 8. The largest absolute Gasteiger partial charge is 0.398 e. The van der Waals surface area contributed by atoms with Crippen LogP contribution in [0.15, 0.2) is 58.4 Å². The molecule has 0 aromatic rings. The van der Waals surface area contributed by atoms with Gasteiger partial charge in [-0.05, 0) is 81.2 Å². The van der Waals surface area contributed by atoms with E-state index < -0.39 is 0 Å². The molecule has 0 aliphatic heterocycles. The third-order valence-corrected chi connectivity index (χ3v) is 4.73. The van der Waals surface area contributed by atoms with Crippen molar-refractivity contribution in [1.29, 1.82) is 0 Å². The molecule has 0 spiro atoms. The second kappa shape index (κ2) is 8.89. The Morgan fingerprint density at radius 1 is 1.18 bits per heavy atom. The molecule has 0 atom stereocenters. The van der Waals surface area contributed by atoms with Crippen molar-refractivity contribution in [2.75, 3.05) is 0 Å². The van der Waals surface area contributed by atoms with Crippen LogP contribution in [0.2, 0.25) is 0 Å². The maximum absolute atomic E-state index is 6.25. The fraction of sp³-hybridized carbons (Fsp3) is 0.450. The highest BCUT2D eigenvalue weighted by Crippen LogP contribution is 2.33. The van der Waals surface area contributed by atoms with Gasteiger partial charge in [0.2, 0.25) is 0 Å². The lowest BCUT2D eigenvalue weighted by molar-refractivity contribution is 0.367. The van der Waals surface area contributed by atoms with Crippen LogP contribution < -0.4 is 5.73 Å². The number of rotatable bonds is 7. The van der Waals surface area contributed by atoms with E-state index in [-0.39, 0.29) is 0 Å². The van der Waals surface area contributed by atoms with E-state index in [0.29, 0.717) is 0 Å². The van der Waals surface area contributed by atoms with E-state index in [1.165, 1.54) is 30.4 Å². The first-order valence-electron chi connectivity index (χ1n) is 7.98. The summed E-state index contributed by atoms with van der Waals surface area (Å²) in [6.45, 7) is 12.5. The molecule has 0 amide bonds. The van der Waals surface area contributed by atoms with E-state index in [0.717, 1.165) is 34.8 Å². The van der Waals surface area contributed by atoms with Crippen molar-refractivity contribution in [3.63, 3.8) is 0 Å². The molecule has 1 saturated carbocycles. The SMILES string of the molecule is C=C(C/C=C(\C)C1CCC1)C(N)=C(C)C=C(C)C(C)=CC=S. The lowest BCUT2D eigenvalue weighted by Crippen LogP contribution is -2.12. The molecular formula is C20H29NS. The van der Waals surface area contributed by atoms with Crippen molar-refractivity contribution in [3.8, 4) is 0 Å².